The standard InChI is InChI=1S/C14H15IN2OS/c1-8-13(19-10(3)16-8)9(2)17-14(18)11-6-4-5-7-12(11)15/h4-7,9H,1-3H3,(H,17,18). The quantitative estimate of drug-likeness (QED) is 0.815. The maximum absolute atomic E-state index is 12.2. The number of amides is 1. The average molecular weight is 386 g/mol. The van der Waals surface area contributed by atoms with Gasteiger partial charge in [0.2, 0.25) is 0 Å². The molecule has 0 fully saturated rings. The predicted molar refractivity (Wildman–Crippen MR) is 86.6 cm³/mol. The van der Waals surface area contributed by atoms with Gasteiger partial charge < -0.3 is 5.32 Å². The topological polar surface area (TPSA) is 42.0 Å². The Morgan fingerprint density at radius 3 is 2.63 bits per heavy atom. The number of thiazole rings is 1. The summed E-state index contributed by atoms with van der Waals surface area (Å²) in [5, 5.41) is 4.06. The summed E-state index contributed by atoms with van der Waals surface area (Å²) >= 11 is 3.81. The van der Waals surface area contributed by atoms with Crippen LogP contribution in [0.4, 0.5) is 0 Å². The molecule has 1 unspecified atom stereocenters. The van der Waals surface area contributed by atoms with E-state index in [4.69, 9.17) is 0 Å². The highest BCUT2D eigenvalue weighted by Crippen LogP contribution is 2.25. The van der Waals surface area contributed by atoms with E-state index >= 15 is 0 Å². The SMILES string of the molecule is Cc1nc(C)c(C(C)NC(=O)c2ccccc2I)s1. The number of carbonyl (C=O) groups excluding carboxylic acids is 1. The average Bonchev–Trinajstić information content (AvgIpc) is 2.69. The van der Waals surface area contributed by atoms with Gasteiger partial charge in [0.1, 0.15) is 0 Å². The summed E-state index contributed by atoms with van der Waals surface area (Å²) < 4.78 is 0.960. The zero-order valence-electron chi connectivity index (χ0n) is 11.0. The lowest BCUT2D eigenvalue weighted by atomic mass is 10.2. The first-order valence-corrected chi connectivity index (χ1v) is 7.88. The number of hydrogen-bond donors (Lipinski definition) is 1. The summed E-state index contributed by atoms with van der Waals surface area (Å²) in [6.07, 6.45) is 0. The van der Waals surface area contributed by atoms with E-state index in [1.807, 2.05) is 45.0 Å². The van der Waals surface area contributed by atoms with Crippen molar-refractivity contribution in [3.8, 4) is 0 Å². The second-order valence-corrected chi connectivity index (χ2v) is 6.75. The smallest absolute Gasteiger partial charge is 0.252 e. The lowest BCUT2D eigenvalue weighted by Gasteiger charge is -2.13. The highest BCUT2D eigenvalue weighted by atomic mass is 127. The molecule has 1 aromatic carbocycles. The lowest BCUT2D eigenvalue weighted by Crippen LogP contribution is -2.27. The molecule has 0 saturated carbocycles. The van der Waals surface area contributed by atoms with Crippen LogP contribution < -0.4 is 5.32 Å². The van der Waals surface area contributed by atoms with Gasteiger partial charge in [0, 0.05) is 8.45 Å². The van der Waals surface area contributed by atoms with Gasteiger partial charge in [-0.2, -0.15) is 0 Å². The van der Waals surface area contributed by atoms with Crippen LogP contribution in [0.1, 0.15) is 38.9 Å². The fraction of sp³-hybridized carbons (Fsp3) is 0.286. The summed E-state index contributed by atoms with van der Waals surface area (Å²) in [6, 6.07) is 7.56. The molecular formula is C14H15IN2OS. The molecule has 1 heterocycles. The highest BCUT2D eigenvalue weighted by Gasteiger charge is 2.17. The summed E-state index contributed by atoms with van der Waals surface area (Å²) in [7, 11) is 0. The van der Waals surface area contributed by atoms with Gasteiger partial charge in [0.25, 0.3) is 5.91 Å². The summed E-state index contributed by atoms with van der Waals surface area (Å²) in [4.78, 5) is 17.8. The monoisotopic (exact) mass is 386 g/mol. The van der Waals surface area contributed by atoms with E-state index in [1.54, 1.807) is 11.3 Å². The first-order valence-electron chi connectivity index (χ1n) is 5.98. The van der Waals surface area contributed by atoms with Crippen LogP contribution >= 0.6 is 33.9 Å². The molecular weight excluding hydrogens is 371 g/mol. The van der Waals surface area contributed by atoms with E-state index in [-0.39, 0.29) is 11.9 Å². The Morgan fingerprint density at radius 1 is 1.37 bits per heavy atom. The van der Waals surface area contributed by atoms with Crippen molar-refractivity contribution in [2.24, 2.45) is 0 Å². The number of halogens is 1. The van der Waals surface area contributed by atoms with Crippen LogP contribution in [0.25, 0.3) is 0 Å². The molecule has 100 valence electrons. The first-order chi connectivity index (χ1) is 8.99. The molecule has 1 N–H and O–H groups in total. The van der Waals surface area contributed by atoms with Gasteiger partial charge in [-0.25, -0.2) is 4.98 Å². The second-order valence-electron chi connectivity index (χ2n) is 4.36. The maximum atomic E-state index is 12.2. The van der Waals surface area contributed by atoms with Gasteiger partial charge in [-0.15, -0.1) is 11.3 Å². The Labute approximate surface area is 130 Å². The van der Waals surface area contributed by atoms with Crippen molar-refractivity contribution in [3.05, 3.63) is 49.0 Å². The number of nitrogens with one attached hydrogen (secondary N) is 1. The molecule has 5 heteroatoms. The minimum atomic E-state index is -0.0389. The number of benzene rings is 1. The van der Waals surface area contributed by atoms with Crippen LogP contribution in [0.15, 0.2) is 24.3 Å². The van der Waals surface area contributed by atoms with Gasteiger partial charge in [-0.1, -0.05) is 12.1 Å². The number of rotatable bonds is 3. The number of nitrogens with zero attached hydrogens (tertiary/aromatic N) is 1. The molecule has 0 aliphatic carbocycles. The molecule has 2 aromatic rings. The molecule has 0 spiro atoms. The molecule has 1 atom stereocenters. The predicted octanol–water partition coefficient (Wildman–Crippen LogP) is 3.86. The van der Waals surface area contributed by atoms with Crippen LogP contribution in [0.5, 0.6) is 0 Å². The minimum absolute atomic E-state index is 0.0188. The third-order valence-electron chi connectivity index (χ3n) is 2.80. The van der Waals surface area contributed by atoms with Crippen LogP contribution in [0, 0.1) is 17.4 Å². The van der Waals surface area contributed by atoms with Crippen molar-refractivity contribution < 1.29 is 4.79 Å². The van der Waals surface area contributed by atoms with Gasteiger partial charge >= 0.3 is 0 Å². The molecule has 1 aromatic heterocycles. The Kier molecular flexibility index (Phi) is 4.57. The van der Waals surface area contributed by atoms with Crippen LogP contribution in [0.3, 0.4) is 0 Å². The minimum Gasteiger partial charge on any atom is -0.345 e. The van der Waals surface area contributed by atoms with E-state index in [2.05, 4.69) is 32.9 Å². The van der Waals surface area contributed by atoms with Gasteiger partial charge in [0.15, 0.2) is 0 Å². The number of aryl methyl sites for hydroxylation is 2. The summed E-state index contributed by atoms with van der Waals surface area (Å²) in [5.41, 5.74) is 1.71. The van der Waals surface area contributed by atoms with Crippen molar-refractivity contribution in [3.63, 3.8) is 0 Å². The van der Waals surface area contributed by atoms with E-state index in [1.165, 1.54) is 0 Å². The Balaban J connectivity index is 2.15. The van der Waals surface area contributed by atoms with E-state index < -0.39 is 0 Å². The van der Waals surface area contributed by atoms with E-state index in [0.29, 0.717) is 5.56 Å². The third kappa shape index (κ3) is 3.33. The lowest BCUT2D eigenvalue weighted by molar-refractivity contribution is 0.0939. The zero-order valence-corrected chi connectivity index (χ0v) is 14.0. The highest BCUT2D eigenvalue weighted by molar-refractivity contribution is 14.1. The Bertz CT molecular complexity index is 609. The fourth-order valence-corrected chi connectivity index (χ4v) is 3.50. The molecule has 0 aliphatic heterocycles. The van der Waals surface area contributed by atoms with Crippen molar-refractivity contribution in [1.29, 1.82) is 0 Å². The summed E-state index contributed by atoms with van der Waals surface area (Å²) in [5.74, 6) is -0.0389. The first kappa shape index (κ1) is 14.5. The molecule has 0 saturated heterocycles. The van der Waals surface area contributed by atoms with E-state index in [9.17, 15) is 4.79 Å². The normalized spacial score (nSPS) is 12.2. The maximum Gasteiger partial charge on any atom is 0.252 e. The molecule has 2 rings (SSSR count). The molecule has 19 heavy (non-hydrogen) atoms. The van der Waals surface area contributed by atoms with Gasteiger partial charge in [0.05, 0.1) is 22.3 Å². The number of carbonyl (C=O) groups is 1. The number of hydrogen-bond acceptors (Lipinski definition) is 3. The molecule has 0 bridgehead atoms. The van der Waals surface area contributed by atoms with Crippen LogP contribution in [0.2, 0.25) is 0 Å². The molecule has 0 aliphatic rings. The summed E-state index contributed by atoms with van der Waals surface area (Å²) in [6.45, 7) is 5.96. The molecule has 1 amide bonds. The van der Waals surface area contributed by atoms with Crippen molar-refractivity contribution >= 4 is 39.8 Å². The molecule has 0 radical (unpaired) electrons. The second kappa shape index (κ2) is 6.00. The Hall–Kier alpha value is -0.950. The number of aromatic nitrogens is 1. The van der Waals surface area contributed by atoms with Gasteiger partial charge in [-0.3, -0.25) is 4.79 Å². The van der Waals surface area contributed by atoms with Crippen molar-refractivity contribution in [1.82, 2.24) is 10.3 Å². The van der Waals surface area contributed by atoms with Crippen molar-refractivity contribution in [2.45, 2.75) is 26.8 Å². The Morgan fingerprint density at radius 2 is 2.05 bits per heavy atom. The van der Waals surface area contributed by atoms with Gasteiger partial charge in [-0.05, 0) is 55.5 Å². The third-order valence-corrected chi connectivity index (χ3v) is 5.00. The largest absolute Gasteiger partial charge is 0.345 e. The van der Waals surface area contributed by atoms with Crippen LogP contribution in [-0.4, -0.2) is 10.9 Å². The van der Waals surface area contributed by atoms with Crippen LogP contribution in [-0.2, 0) is 0 Å². The zero-order chi connectivity index (χ0) is 14.0. The van der Waals surface area contributed by atoms with E-state index in [0.717, 1.165) is 19.1 Å². The van der Waals surface area contributed by atoms with Crippen molar-refractivity contribution in [2.75, 3.05) is 0 Å². The molecule has 3 nitrogen and oxygen atoms in total. The fourth-order valence-electron chi connectivity index (χ4n) is 1.93.